The van der Waals surface area contributed by atoms with Crippen molar-refractivity contribution >= 4 is 11.9 Å². The van der Waals surface area contributed by atoms with Gasteiger partial charge in [-0.25, -0.2) is 14.9 Å². The molecule has 0 amide bonds. The van der Waals surface area contributed by atoms with Gasteiger partial charge in [0.05, 0.1) is 6.54 Å². The van der Waals surface area contributed by atoms with Crippen molar-refractivity contribution in [3.05, 3.63) is 88.1 Å². The van der Waals surface area contributed by atoms with Crippen LogP contribution in [0.4, 0.5) is 5.95 Å². The number of aryl methyl sites for hydroxylation is 1. The van der Waals surface area contributed by atoms with E-state index in [1.54, 1.807) is 17.0 Å². The number of nitrogens with one attached hydrogen (secondary N) is 3. The van der Waals surface area contributed by atoms with Gasteiger partial charge >= 0.3 is 5.96 Å². The molecule has 0 fully saturated rings. The molecule has 0 bridgehead atoms. The largest absolute Gasteiger partial charge is 0.353 e. The summed E-state index contributed by atoms with van der Waals surface area (Å²) in [5.74, 6) is 1.19. The number of hydrogen-bond acceptors (Lipinski definition) is 3. The Morgan fingerprint density at radius 3 is 2.81 bits per heavy atom. The lowest BCUT2D eigenvalue weighted by molar-refractivity contribution is -0.477. The van der Waals surface area contributed by atoms with Gasteiger partial charge in [-0.1, -0.05) is 36.4 Å². The minimum absolute atomic E-state index is 0.122. The van der Waals surface area contributed by atoms with Gasteiger partial charge in [-0.05, 0) is 18.6 Å². The molecule has 1 aromatic carbocycles. The lowest BCUT2D eigenvalue weighted by atomic mass is 10.2. The lowest BCUT2D eigenvalue weighted by Crippen LogP contribution is -2.78. The van der Waals surface area contributed by atoms with Crippen LogP contribution in [0.3, 0.4) is 0 Å². The Labute approximate surface area is 150 Å². The Balaban J connectivity index is 1.73. The fourth-order valence-corrected chi connectivity index (χ4v) is 2.94. The van der Waals surface area contributed by atoms with Crippen LogP contribution in [0.15, 0.2) is 65.7 Å². The van der Waals surface area contributed by atoms with Crippen molar-refractivity contribution in [2.45, 2.75) is 19.6 Å². The summed E-state index contributed by atoms with van der Waals surface area (Å²) in [7, 11) is 0. The number of nitrogens with zero attached hydrogens (tertiary/aromatic N) is 3. The Hall–Kier alpha value is -3.48. The molecule has 3 heterocycles. The number of rotatable bonds is 3. The molecular weight excluding hydrogens is 328 g/mol. The van der Waals surface area contributed by atoms with Crippen molar-refractivity contribution in [3.63, 3.8) is 0 Å². The molecule has 3 N–H and O–H groups in total. The second-order valence-electron chi connectivity index (χ2n) is 6.10. The maximum atomic E-state index is 12.5. The van der Waals surface area contributed by atoms with Gasteiger partial charge in [0.15, 0.2) is 6.17 Å². The molecule has 0 saturated carbocycles. The van der Waals surface area contributed by atoms with E-state index in [2.05, 4.69) is 37.7 Å². The number of pyridine rings is 1. The third-order valence-electron chi connectivity index (χ3n) is 4.17. The summed E-state index contributed by atoms with van der Waals surface area (Å²) in [4.78, 5) is 24.5. The fourth-order valence-electron chi connectivity index (χ4n) is 2.94. The minimum atomic E-state index is -0.390. The molecule has 4 rings (SSSR count). The van der Waals surface area contributed by atoms with E-state index in [-0.39, 0.29) is 11.7 Å². The normalized spacial score (nSPS) is 17.3. The molecule has 0 aliphatic carbocycles. The van der Waals surface area contributed by atoms with Crippen LogP contribution in [-0.2, 0) is 6.54 Å². The molecule has 7 nitrogen and oxygen atoms in total. The molecule has 7 heteroatoms. The minimum Gasteiger partial charge on any atom is -0.273 e. The van der Waals surface area contributed by atoms with Crippen LogP contribution in [0, 0.1) is 6.92 Å². The van der Waals surface area contributed by atoms with E-state index >= 15 is 0 Å². The van der Waals surface area contributed by atoms with Crippen LogP contribution < -0.4 is 21.2 Å². The fraction of sp³-hybridized carbons (Fsp3) is 0.158. The van der Waals surface area contributed by atoms with Gasteiger partial charge in [0.25, 0.3) is 11.5 Å². The van der Waals surface area contributed by atoms with Gasteiger partial charge in [-0.3, -0.25) is 20.1 Å². The first kappa shape index (κ1) is 16.0. The third kappa shape index (κ3) is 3.19. The average Bonchev–Trinajstić information content (AvgIpc) is 2.67. The molecule has 0 spiro atoms. The lowest BCUT2D eigenvalue weighted by Gasteiger charge is -2.25. The molecule has 1 aliphatic heterocycles. The van der Waals surface area contributed by atoms with Gasteiger partial charge in [0.2, 0.25) is 0 Å². The summed E-state index contributed by atoms with van der Waals surface area (Å²) in [6.07, 6.45) is 3.06. The predicted molar refractivity (Wildman–Crippen MR) is 98.5 cm³/mol. The highest BCUT2D eigenvalue weighted by molar-refractivity contribution is 5.89. The van der Waals surface area contributed by atoms with E-state index in [1.807, 2.05) is 37.3 Å². The molecule has 1 aliphatic rings. The van der Waals surface area contributed by atoms with Crippen LogP contribution in [0.2, 0.25) is 0 Å². The molecule has 1 atom stereocenters. The Kier molecular flexibility index (Phi) is 4.18. The molecule has 0 saturated heterocycles. The second-order valence-corrected chi connectivity index (χ2v) is 6.10. The highest BCUT2D eigenvalue weighted by atomic mass is 16.1. The zero-order chi connectivity index (χ0) is 17.9. The van der Waals surface area contributed by atoms with Gasteiger partial charge in [-0.15, -0.1) is 0 Å². The van der Waals surface area contributed by atoms with E-state index < -0.39 is 0 Å². The number of anilines is 1. The van der Waals surface area contributed by atoms with E-state index in [9.17, 15) is 4.79 Å². The third-order valence-corrected chi connectivity index (χ3v) is 4.17. The molecule has 3 aromatic rings. The molecule has 0 radical (unpaired) electrons. The summed E-state index contributed by atoms with van der Waals surface area (Å²) in [5, 5.41) is 6.51. The number of guanidine groups is 1. The zero-order valence-electron chi connectivity index (χ0n) is 14.3. The second kappa shape index (κ2) is 6.79. The van der Waals surface area contributed by atoms with Crippen molar-refractivity contribution in [2.75, 3.05) is 5.32 Å². The van der Waals surface area contributed by atoms with Crippen LogP contribution in [-0.4, -0.2) is 20.5 Å². The Bertz CT molecular complexity index is 998. The standard InChI is InChI=1S/C19H18N6O/c1-13-10-16(26)25-17(15-8-5-9-20-12-15)23-18(24-19(25)22-13)21-11-14-6-3-2-4-7-14/h2-10,12,17H,11H2,1H3,(H2,21,22,23,24)/p+1/t17-/m0/s1. The Morgan fingerprint density at radius 1 is 1.19 bits per heavy atom. The topological polar surface area (TPSA) is 85.8 Å². The number of hydrogen-bond donors (Lipinski definition) is 3. The first-order chi connectivity index (χ1) is 12.7. The Morgan fingerprint density at radius 2 is 2.04 bits per heavy atom. The summed E-state index contributed by atoms with van der Waals surface area (Å²) in [5.41, 5.74) is 2.58. The summed E-state index contributed by atoms with van der Waals surface area (Å²) in [6.45, 7) is 2.45. The first-order valence-electron chi connectivity index (χ1n) is 8.39. The first-order valence-corrected chi connectivity index (χ1v) is 8.39. The smallest absolute Gasteiger partial charge is 0.273 e. The van der Waals surface area contributed by atoms with Crippen LogP contribution >= 0.6 is 0 Å². The van der Waals surface area contributed by atoms with Crippen LogP contribution in [0.1, 0.15) is 23.0 Å². The van der Waals surface area contributed by atoms with Crippen LogP contribution in [0.25, 0.3) is 0 Å². The molecule has 2 aromatic heterocycles. The highest BCUT2D eigenvalue weighted by Crippen LogP contribution is 2.19. The summed E-state index contributed by atoms with van der Waals surface area (Å²) < 4.78 is 1.59. The zero-order valence-corrected chi connectivity index (χ0v) is 14.3. The van der Waals surface area contributed by atoms with Gasteiger partial charge in [0.1, 0.15) is 0 Å². The van der Waals surface area contributed by atoms with Gasteiger partial charge in [-0.2, -0.15) is 0 Å². The van der Waals surface area contributed by atoms with E-state index in [4.69, 9.17) is 0 Å². The molecule has 26 heavy (non-hydrogen) atoms. The van der Waals surface area contributed by atoms with Gasteiger partial charge < -0.3 is 0 Å². The molecule has 0 unspecified atom stereocenters. The van der Waals surface area contributed by atoms with Crippen molar-refractivity contribution in [1.29, 1.82) is 0 Å². The summed E-state index contributed by atoms with van der Waals surface area (Å²) >= 11 is 0. The van der Waals surface area contributed by atoms with E-state index in [1.165, 1.54) is 6.07 Å². The molecule has 130 valence electrons. The van der Waals surface area contributed by atoms with E-state index in [0.29, 0.717) is 24.1 Å². The number of fused-ring (bicyclic) bond motifs is 1. The highest BCUT2D eigenvalue weighted by Gasteiger charge is 2.31. The quantitative estimate of drug-likeness (QED) is 0.628. The monoisotopic (exact) mass is 347 g/mol. The number of aromatic nitrogens is 3. The number of benzene rings is 1. The van der Waals surface area contributed by atoms with Crippen molar-refractivity contribution in [2.24, 2.45) is 0 Å². The van der Waals surface area contributed by atoms with E-state index in [0.717, 1.165) is 11.1 Å². The van der Waals surface area contributed by atoms with Crippen molar-refractivity contribution in [3.8, 4) is 0 Å². The van der Waals surface area contributed by atoms with Crippen LogP contribution in [0.5, 0.6) is 0 Å². The maximum Gasteiger partial charge on any atom is 0.353 e. The predicted octanol–water partition coefficient (Wildman–Crippen LogP) is 0.146. The van der Waals surface area contributed by atoms with Crippen molar-refractivity contribution in [1.82, 2.24) is 19.9 Å². The van der Waals surface area contributed by atoms with Crippen molar-refractivity contribution < 1.29 is 4.99 Å². The summed E-state index contributed by atoms with van der Waals surface area (Å²) in [6, 6.07) is 15.4. The van der Waals surface area contributed by atoms with Gasteiger partial charge in [0, 0.05) is 29.7 Å². The SMILES string of the molecule is Cc1cc(=O)n2c(n1)NC(=[NH+]Cc1ccccc1)N[C@@H]2c1cccnc1. The molecular formula is C19H19N6O+. The maximum absolute atomic E-state index is 12.5. The average molecular weight is 347 g/mol.